The number of nitrogens with two attached hydrogens (primary N) is 1. The third-order valence-corrected chi connectivity index (χ3v) is 3.47. The molecule has 0 radical (unpaired) electrons. The number of nitrogen functional groups attached to an aromatic ring is 1. The summed E-state index contributed by atoms with van der Waals surface area (Å²) >= 11 is 6.12. The summed E-state index contributed by atoms with van der Waals surface area (Å²) in [7, 11) is 2.07. The molecule has 0 fully saturated rings. The van der Waals surface area contributed by atoms with Crippen LogP contribution in [0.15, 0.2) is 12.1 Å². The van der Waals surface area contributed by atoms with E-state index < -0.39 is 0 Å². The second kappa shape index (κ2) is 6.19. The molecule has 1 heterocycles. The molecule has 0 spiro atoms. The van der Waals surface area contributed by atoms with Crippen LogP contribution in [0.3, 0.4) is 0 Å². The molecule has 0 bridgehead atoms. The Morgan fingerprint density at radius 2 is 2.06 bits per heavy atom. The highest BCUT2D eigenvalue weighted by atomic mass is 35.5. The zero-order valence-corrected chi connectivity index (χ0v) is 11.6. The van der Waals surface area contributed by atoms with E-state index in [1.165, 1.54) is 0 Å². The van der Waals surface area contributed by atoms with E-state index in [4.69, 9.17) is 17.4 Å². The Balaban J connectivity index is 2.80. The standard InChI is InChI=1S/C12H21ClN4/c1-8(2)9(3)17(4)7-11-10(13)5-6-12(15-11)16-14/h5-6,8-9H,7,14H2,1-4H3,(H,15,16). The van der Waals surface area contributed by atoms with Crippen molar-refractivity contribution in [2.75, 3.05) is 12.5 Å². The number of anilines is 1. The van der Waals surface area contributed by atoms with Gasteiger partial charge in [0.05, 0.1) is 10.7 Å². The van der Waals surface area contributed by atoms with Gasteiger partial charge in [0, 0.05) is 12.6 Å². The number of rotatable bonds is 5. The SMILES string of the molecule is CC(C)C(C)N(C)Cc1nc(NN)ccc1Cl. The van der Waals surface area contributed by atoms with Crippen molar-refractivity contribution in [2.24, 2.45) is 11.8 Å². The van der Waals surface area contributed by atoms with Gasteiger partial charge in [-0.25, -0.2) is 10.8 Å². The summed E-state index contributed by atoms with van der Waals surface area (Å²) in [6.45, 7) is 7.32. The van der Waals surface area contributed by atoms with Crippen molar-refractivity contribution < 1.29 is 0 Å². The normalized spacial score (nSPS) is 13.2. The number of nitrogens with one attached hydrogen (secondary N) is 1. The predicted molar refractivity (Wildman–Crippen MR) is 72.8 cm³/mol. The first-order valence-corrected chi connectivity index (χ1v) is 6.15. The molecule has 1 atom stereocenters. The highest BCUT2D eigenvalue weighted by Crippen LogP contribution is 2.19. The Hall–Kier alpha value is -0.840. The van der Waals surface area contributed by atoms with E-state index in [0.29, 0.717) is 29.3 Å². The number of halogens is 1. The molecule has 0 saturated heterocycles. The topological polar surface area (TPSA) is 54.2 Å². The van der Waals surface area contributed by atoms with Crippen LogP contribution in [-0.4, -0.2) is 23.0 Å². The number of pyridine rings is 1. The van der Waals surface area contributed by atoms with E-state index in [1.54, 1.807) is 6.07 Å². The van der Waals surface area contributed by atoms with Crippen LogP contribution < -0.4 is 11.3 Å². The van der Waals surface area contributed by atoms with Gasteiger partial charge in [0.15, 0.2) is 0 Å². The third kappa shape index (κ3) is 3.84. The zero-order chi connectivity index (χ0) is 13.0. The maximum absolute atomic E-state index is 6.12. The Labute approximate surface area is 108 Å². The first kappa shape index (κ1) is 14.2. The van der Waals surface area contributed by atoms with Gasteiger partial charge in [0.2, 0.25) is 0 Å². The lowest BCUT2D eigenvalue weighted by molar-refractivity contribution is 0.198. The van der Waals surface area contributed by atoms with Crippen LogP contribution in [0.5, 0.6) is 0 Å². The molecule has 0 aliphatic rings. The van der Waals surface area contributed by atoms with Crippen molar-refractivity contribution in [1.29, 1.82) is 0 Å². The molecule has 1 rings (SSSR count). The largest absolute Gasteiger partial charge is 0.308 e. The number of hydrazine groups is 1. The van der Waals surface area contributed by atoms with Gasteiger partial charge in [-0.3, -0.25) is 4.90 Å². The van der Waals surface area contributed by atoms with Crippen molar-refractivity contribution in [2.45, 2.75) is 33.4 Å². The molecule has 5 heteroatoms. The molecule has 0 saturated carbocycles. The van der Waals surface area contributed by atoms with Gasteiger partial charge in [0.1, 0.15) is 5.82 Å². The molecule has 0 aromatic carbocycles. The smallest absolute Gasteiger partial charge is 0.140 e. The van der Waals surface area contributed by atoms with Crippen molar-refractivity contribution in [3.8, 4) is 0 Å². The Morgan fingerprint density at radius 3 is 2.59 bits per heavy atom. The molecule has 3 N–H and O–H groups in total. The van der Waals surface area contributed by atoms with E-state index in [0.717, 1.165) is 5.69 Å². The number of nitrogens with zero attached hydrogens (tertiary/aromatic N) is 2. The van der Waals surface area contributed by atoms with E-state index in [1.807, 2.05) is 6.07 Å². The van der Waals surface area contributed by atoms with E-state index >= 15 is 0 Å². The summed E-state index contributed by atoms with van der Waals surface area (Å²) in [6.07, 6.45) is 0. The van der Waals surface area contributed by atoms with Gasteiger partial charge in [0.25, 0.3) is 0 Å². The Kier molecular flexibility index (Phi) is 5.18. The van der Waals surface area contributed by atoms with Gasteiger partial charge in [-0.1, -0.05) is 25.4 Å². The minimum absolute atomic E-state index is 0.474. The summed E-state index contributed by atoms with van der Waals surface area (Å²) in [4.78, 5) is 6.60. The molecule has 0 aliphatic carbocycles. The lowest BCUT2D eigenvalue weighted by atomic mass is 10.1. The minimum atomic E-state index is 0.474. The Bertz CT molecular complexity index is 368. The maximum Gasteiger partial charge on any atom is 0.140 e. The van der Waals surface area contributed by atoms with Gasteiger partial charge in [-0.15, -0.1) is 0 Å². The van der Waals surface area contributed by atoms with Crippen LogP contribution in [-0.2, 0) is 6.54 Å². The molecule has 0 amide bonds. The average Bonchev–Trinajstić information content (AvgIpc) is 2.30. The first-order valence-electron chi connectivity index (χ1n) is 5.78. The quantitative estimate of drug-likeness (QED) is 0.628. The summed E-state index contributed by atoms with van der Waals surface area (Å²) in [5, 5.41) is 0.673. The fourth-order valence-corrected chi connectivity index (χ4v) is 1.73. The molecular formula is C12H21ClN4. The van der Waals surface area contributed by atoms with E-state index in [2.05, 4.69) is 43.1 Å². The number of hydrogen-bond acceptors (Lipinski definition) is 4. The fraction of sp³-hybridized carbons (Fsp3) is 0.583. The molecule has 1 aromatic heterocycles. The van der Waals surface area contributed by atoms with Crippen LogP contribution >= 0.6 is 11.6 Å². The first-order chi connectivity index (χ1) is 7.95. The monoisotopic (exact) mass is 256 g/mol. The van der Waals surface area contributed by atoms with Crippen LogP contribution in [0.2, 0.25) is 5.02 Å². The zero-order valence-electron chi connectivity index (χ0n) is 10.9. The lowest BCUT2D eigenvalue weighted by Gasteiger charge is -2.27. The molecule has 1 aromatic rings. The van der Waals surface area contributed by atoms with E-state index in [9.17, 15) is 0 Å². The van der Waals surface area contributed by atoms with Crippen LogP contribution in [0.1, 0.15) is 26.5 Å². The summed E-state index contributed by atoms with van der Waals surface area (Å²) in [5.41, 5.74) is 3.38. The summed E-state index contributed by atoms with van der Waals surface area (Å²) < 4.78 is 0. The fourth-order valence-electron chi connectivity index (χ4n) is 1.56. The number of aromatic nitrogens is 1. The van der Waals surface area contributed by atoms with Crippen molar-refractivity contribution >= 4 is 17.4 Å². The van der Waals surface area contributed by atoms with Gasteiger partial charge < -0.3 is 5.43 Å². The maximum atomic E-state index is 6.12. The summed E-state index contributed by atoms with van der Waals surface area (Å²) in [5.74, 6) is 6.56. The summed E-state index contributed by atoms with van der Waals surface area (Å²) in [6, 6.07) is 4.05. The predicted octanol–water partition coefficient (Wildman–Crippen LogP) is 2.50. The van der Waals surface area contributed by atoms with Crippen molar-refractivity contribution in [1.82, 2.24) is 9.88 Å². The van der Waals surface area contributed by atoms with E-state index in [-0.39, 0.29) is 0 Å². The molecule has 4 nitrogen and oxygen atoms in total. The van der Waals surface area contributed by atoms with Crippen LogP contribution in [0.25, 0.3) is 0 Å². The van der Waals surface area contributed by atoms with Crippen molar-refractivity contribution in [3.63, 3.8) is 0 Å². The molecule has 0 aliphatic heterocycles. The van der Waals surface area contributed by atoms with Crippen LogP contribution in [0.4, 0.5) is 5.82 Å². The van der Waals surface area contributed by atoms with Crippen molar-refractivity contribution in [3.05, 3.63) is 22.8 Å². The average molecular weight is 257 g/mol. The second-order valence-electron chi connectivity index (χ2n) is 4.67. The van der Waals surface area contributed by atoms with Gasteiger partial charge in [-0.2, -0.15) is 0 Å². The molecular weight excluding hydrogens is 236 g/mol. The minimum Gasteiger partial charge on any atom is -0.308 e. The molecule has 96 valence electrons. The highest BCUT2D eigenvalue weighted by Gasteiger charge is 2.15. The Morgan fingerprint density at radius 1 is 1.41 bits per heavy atom. The lowest BCUT2D eigenvalue weighted by Crippen LogP contribution is -2.33. The van der Waals surface area contributed by atoms with Gasteiger partial charge in [-0.05, 0) is 32.0 Å². The highest BCUT2D eigenvalue weighted by molar-refractivity contribution is 6.31. The second-order valence-corrected chi connectivity index (χ2v) is 5.08. The van der Waals surface area contributed by atoms with Crippen LogP contribution in [0, 0.1) is 5.92 Å². The third-order valence-electron chi connectivity index (χ3n) is 3.13. The van der Waals surface area contributed by atoms with Gasteiger partial charge >= 0.3 is 0 Å². The molecule has 17 heavy (non-hydrogen) atoms. The molecule has 1 unspecified atom stereocenters. The number of hydrogen-bond donors (Lipinski definition) is 2.